The lowest BCUT2D eigenvalue weighted by Crippen LogP contribution is -2.48. The molecule has 0 aromatic rings. The molecule has 2 saturated carbocycles. The number of likely N-dealkylation sites (tertiary alicyclic amines) is 1. The van der Waals surface area contributed by atoms with E-state index in [4.69, 9.17) is 0 Å². The number of nitrogens with zero attached hydrogens (tertiary/aromatic N) is 1. The molecule has 3 fully saturated rings. The molecule has 2 aliphatic carbocycles. The van der Waals surface area contributed by atoms with Crippen molar-refractivity contribution in [2.45, 2.75) is 57.9 Å². The van der Waals surface area contributed by atoms with Crippen molar-refractivity contribution >= 4 is 0 Å². The summed E-state index contributed by atoms with van der Waals surface area (Å²) < 4.78 is 0. The van der Waals surface area contributed by atoms with Crippen molar-refractivity contribution in [3.05, 3.63) is 0 Å². The molecule has 2 heteroatoms. The van der Waals surface area contributed by atoms with E-state index < -0.39 is 0 Å². The van der Waals surface area contributed by atoms with Crippen LogP contribution in [0.2, 0.25) is 0 Å². The molecule has 0 aromatic heterocycles. The van der Waals surface area contributed by atoms with E-state index >= 15 is 0 Å². The highest BCUT2D eigenvalue weighted by atomic mass is 15.2. The van der Waals surface area contributed by atoms with E-state index in [2.05, 4.69) is 24.2 Å². The van der Waals surface area contributed by atoms with Gasteiger partial charge in [0.1, 0.15) is 0 Å². The first kappa shape index (κ1) is 12.9. The molecule has 1 aliphatic heterocycles. The molecule has 3 rings (SSSR count). The summed E-state index contributed by atoms with van der Waals surface area (Å²) in [5.74, 6) is 1.98. The molecular weight excluding hydrogens is 220 g/mol. The SMILES string of the molecule is CNCC1(CN2CC3CCC2C3)CCCC(C)C1. The van der Waals surface area contributed by atoms with Crippen LogP contribution in [0, 0.1) is 17.3 Å². The van der Waals surface area contributed by atoms with Crippen LogP contribution < -0.4 is 5.32 Å². The first-order valence-corrected chi connectivity index (χ1v) is 8.09. The topological polar surface area (TPSA) is 15.3 Å². The van der Waals surface area contributed by atoms with E-state index in [1.54, 1.807) is 0 Å². The predicted octanol–water partition coefficient (Wildman–Crippen LogP) is 2.89. The van der Waals surface area contributed by atoms with Crippen molar-refractivity contribution in [1.82, 2.24) is 10.2 Å². The van der Waals surface area contributed by atoms with Crippen LogP contribution in [0.25, 0.3) is 0 Å². The molecule has 4 atom stereocenters. The van der Waals surface area contributed by atoms with Gasteiger partial charge in [-0.15, -0.1) is 0 Å². The molecule has 1 saturated heterocycles. The fourth-order valence-electron chi connectivity index (χ4n) is 5.16. The first-order chi connectivity index (χ1) is 8.71. The molecule has 18 heavy (non-hydrogen) atoms. The maximum absolute atomic E-state index is 3.49. The second-order valence-corrected chi connectivity index (χ2v) is 7.49. The van der Waals surface area contributed by atoms with Crippen LogP contribution in [0.3, 0.4) is 0 Å². The molecule has 1 heterocycles. The normalized spacial score (nSPS) is 44.7. The van der Waals surface area contributed by atoms with Crippen LogP contribution in [0.15, 0.2) is 0 Å². The van der Waals surface area contributed by atoms with Crippen LogP contribution in [0.5, 0.6) is 0 Å². The van der Waals surface area contributed by atoms with Crippen molar-refractivity contribution in [2.75, 3.05) is 26.7 Å². The average molecular weight is 250 g/mol. The Balaban J connectivity index is 1.66. The molecule has 0 aromatic carbocycles. The molecule has 0 spiro atoms. The highest BCUT2D eigenvalue weighted by Crippen LogP contribution is 2.44. The summed E-state index contributed by atoms with van der Waals surface area (Å²) in [6.45, 7) is 6.47. The van der Waals surface area contributed by atoms with Gasteiger partial charge in [-0.25, -0.2) is 0 Å². The number of hydrogen-bond donors (Lipinski definition) is 1. The van der Waals surface area contributed by atoms with Crippen LogP contribution in [0.1, 0.15) is 51.9 Å². The Morgan fingerprint density at radius 3 is 2.78 bits per heavy atom. The second-order valence-electron chi connectivity index (χ2n) is 7.49. The van der Waals surface area contributed by atoms with Crippen molar-refractivity contribution in [3.8, 4) is 0 Å². The summed E-state index contributed by atoms with van der Waals surface area (Å²) in [4.78, 5) is 2.85. The minimum Gasteiger partial charge on any atom is -0.319 e. The predicted molar refractivity (Wildman–Crippen MR) is 76.7 cm³/mol. The number of hydrogen-bond acceptors (Lipinski definition) is 2. The minimum atomic E-state index is 0.580. The smallest absolute Gasteiger partial charge is 0.00988 e. The summed E-state index contributed by atoms with van der Waals surface area (Å²) >= 11 is 0. The van der Waals surface area contributed by atoms with Gasteiger partial charge < -0.3 is 5.32 Å². The number of nitrogens with one attached hydrogen (secondary N) is 1. The van der Waals surface area contributed by atoms with E-state index in [1.165, 1.54) is 64.6 Å². The third-order valence-electron chi connectivity index (χ3n) is 5.80. The Bertz CT molecular complexity index is 287. The first-order valence-electron chi connectivity index (χ1n) is 8.09. The van der Waals surface area contributed by atoms with E-state index in [0.717, 1.165) is 17.9 Å². The largest absolute Gasteiger partial charge is 0.319 e. The Kier molecular flexibility index (Phi) is 3.68. The minimum absolute atomic E-state index is 0.580. The van der Waals surface area contributed by atoms with E-state index in [1.807, 2.05) is 0 Å². The summed E-state index contributed by atoms with van der Waals surface area (Å²) in [5, 5.41) is 3.49. The third kappa shape index (κ3) is 2.46. The van der Waals surface area contributed by atoms with Crippen molar-refractivity contribution in [2.24, 2.45) is 17.3 Å². The highest BCUT2D eigenvalue weighted by Gasteiger charge is 2.43. The molecule has 3 aliphatic rings. The molecule has 2 nitrogen and oxygen atoms in total. The van der Waals surface area contributed by atoms with Gasteiger partial charge in [0.25, 0.3) is 0 Å². The maximum Gasteiger partial charge on any atom is 0.00988 e. The van der Waals surface area contributed by atoms with Gasteiger partial charge in [0.15, 0.2) is 0 Å². The van der Waals surface area contributed by atoms with Crippen molar-refractivity contribution in [1.29, 1.82) is 0 Å². The summed E-state index contributed by atoms with van der Waals surface area (Å²) in [7, 11) is 2.14. The number of piperidine rings is 1. The van der Waals surface area contributed by atoms with Crippen LogP contribution in [-0.2, 0) is 0 Å². The van der Waals surface area contributed by atoms with Gasteiger partial charge in [-0.2, -0.15) is 0 Å². The van der Waals surface area contributed by atoms with E-state index in [-0.39, 0.29) is 0 Å². The van der Waals surface area contributed by atoms with Crippen LogP contribution in [-0.4, -0.2) is 37.6 Å². The van der Waals surface area contributed by atoms with E-state index in [9.17, 15) is 0 Å². The zero-order valence-electron chi connectivity index (χ0n) is 12.3. The van der Waals surface area contributed by atoms with Gasteiger partial charge in [0.2, 0.25) is 0 Å². The summed E-state index contributed by atoms with van der Waals surface area (Å²) in [6.07, 6.45) is 10.3. The van der Waals surface area contributed by atoms with E-state index in [0.29, 0.717) is 5.41 Å². The fraction of sp³-hybridized carbons (Fsp3) is 1.00. The maximum atomic E-state index is 3.49. The monoisotopic (exact) mass is 250 g/mol. The van der Waals surface area contributed by atoms with Gasteiger partial charge in [0, 0.05) is 25.7 Å². The van der Waals surface area contributed by atoms with Crippen molar-refractivity contribution < 1.29 is 0 Å². The fourth-order valence-corrected chi connectivity index (χ4v) is 5.16. The summed E-state index contributed by atoms with van der Waals surface area (Å²) in [6, 6.07) is 0.945. The Hall–Kier alpha value is -0.0800. The van der Waals surface area contributed by atoms with Crippen molar-refractivity contribution in [3.63, 3.8) is 0 Å². The van der Waals surface area contributed by atoms with Gasteiger partial charge in [-0.1, -0.05) is 19.8 Å². The lowest BCUT2D eigenvalue weighted by molar-refractivity contribution is 0.0660. The van der Waals surface area contributed by atoms with Crippen LogP contribution in [0.4, 0.5) is 0 Å². The van der Waals surface area contributed by atoms with Gasteiger partial charge in [0.05, 0.1) is 0 Å². The quantitative estimate of drug-likeness (QED) is 0.825. The van der Waals surface area contributed by atoms with Gasteiger partial charge in [-0.3, -0.25) is 4.90 Å². The lowest BCUT2D eigenvalue weighted by atomic mass is 9.69. The van der Waals surface area contributed by atoms with Crippen LogP contribution >= 0.6 is 0 Å². The third-order valence-corrected chi connectivity index (χ3v) is 5.80. The number of fused-ring (bicyclic) bond motifs is 2. The zero-order chi connectivity index (χ0) is 12.6. The highest BCUT2D eigenvalue weighted by molar-refractivity contribution is 4.97. The number of rotatable bonds is 4. The molecule has 1 N–H and O–H groups in total. The standard InChI is InChI=1S/C16H30N2/c1-13-4-3-7-16(9-13,11-17-2)12-18-10-14-5-6-15(18)8-14/h13-15,17H,3-12H2,1-2H3. The average Bonchev–Trinajstić information content (AvgIpc) is 2.90. The molecule has 104 valence electrons. The summed E-state index contributed by atoms with van der Waals surface area (Å²) in [5.41, 5.74) is 0.580. The molecule has 0 amide bonds. The molecule has 4 unspecified atom stereocenters. The van der Waals surface area contributed by atoms with Gasteiger partial charge >= 0.3 is 0 Å². The molecule has 2 bridgehead atoms. The molecule has 0 radical (unpaired) electrons. The van der Waals surface area contributed by atoms with Gasteiger partial charge in [-0.05, 0) is 56.4 Å². The Morgan fingerprint density at radius 2 is 2.17 bits per heavy atom. The Morgan fingerprint density at radius 1 is 1.28 bits per heavy atom. The molecular formula is C16H30N2. The lowest BCUT2D eigenvalue weighted by Gasteiger charge is -2.44. The second kappa shape index (κ2) is 5.13. The zero-order valence-corrected chi connectivity index (χ0v) is 12.3. The Labute approximate surface area is 113 Å².